The van der Waals surface area contributed by atoms with E-state index in [1.165, 1.54) is 5.56 Å². The van der Waals surface area contributed by atoms with Crippen LogP contribution in [0.5, 0.6) is 0 Å². The number of amides is 2. The van der Waals surface area contributed by atoms with E-state index in [-0.39, 0.29) is 23.4 Å². The maximum Gasteiger partial charge on any atom is 0.318 e. The van der Waals surface area contributed by atoms with Gasteiger partial charge in [0.1, 0.15) is 0 Å². The van der Waals surface area contributed by atoms with Gasteiger partial charge in [-0.05, 0) is 31.2 Å². The lowest BCUT2D eigenvalue weighted by atomic mass is 9.74. The smallest absolute Gasteiger partial charge is 0.318 e. The fourth-order valence-electron chi connectivity index (χ4n) is 4.36. The third kappa shape index (κ3) is 4.15. The Labute approximate surface area is 171 Å². The Hall–Kier alpha value is -2.41. The SMILES string of the molecule is CC(C)c1nc(C2CCCN2C(=O)NCC2(c3ccccc3)CCOCC2)no1. The normalized spacial score (nSPS) is 21.5. The number of rotatable bonds is 5. The number of nitrogens with one attached hydrogen (secondary N) is 1. The van der Waals surface area contributed by atoms with E-state index in [4.69, 9.17) is 9.26 Å². The van der Waals surface area contributed by atoms with E-state index in [0.717, 1.165) is 38.9 Å². The summed E-state index contributed by atoms with van der Waals surface area (Å²) in [5.74, 6) is 1.42. The second-order valence-corrected chi connectivity index (χ2v) is 8.41. The zero-order valence-electron chi connectivity index (χ0n) is 17.3. The van der Waals surface area contributed by atoms with E-state index in [9.17, 15) is 4.79 Å². The standard InChI is InChI=1S/C22H30N4O3/c1-16(2)20-24-19(25-29-20)18-9-6-12-26(18)21(27)23-15-22(10-13-28-14-11-22)17-7-4-3-5-8-17/h3-5,7-8,16,18H,6,9-15H2,1-2H3,(H,23,27). The molecule has 2 fully saturated rings. The van der Waals surface area contributed by atoms with Crippen molar-refractivity contribution >= 4 is 6.03 Å². The molecule has 2 aliphatic heterocycles. The largest absolute Gasteiger partial charge is 0.381 e. The summed E-state index contributed by atoms with van der Waals surface area (Å²) in [5.41, 5.74) is 1.18. The minimum atomic E-state index is -0.117. The summed E-state index contributed by atoms with van der Waals surface area (Å²) < 4.78 is 11.0. The van der Waals surface area contributed by atoms with Crippen LogP contribution in [0.25, 0.3) is 0 Å². The maximum atomic E-state index is 13.1. The van der Waals surface area contributed by atoms with Crippen LogP contribution in [0.1, 0.15) is 68.8 Å². The van der Waals surface area contributed by atoms with Gasteiger partial charge in [-0.3, -0.25) is 0 Å². The first kappa shape index (κ1) is 19.9. The molecule has 29 heavy (non-hydrogen) atoms. The van der Waals surface area contributed by atoms with E-state index < -0.39 is 0 Å². The lowest BCUT2D eigenvalue weighted by molar-refractivity contribution is 0.0500. The molecule has 0 saturated carbocycles. The van der Waals surface area contributed by atoms with E-state index in [2.05, 4.69) is 39.7 Å². The molecule has 1 atom stereocenters. The average molecular weight is 399 g/mol. The Morgan fingerprint density at radius 3 is 2.72 bits per heavy atom. The number of likely N-dealkylation sites (tertiary alicyclic amines) is 1. The molecule has 4 rings (SSSR count). The number of ether oxygens (including phenoxy) is 1. The van der Waals surface area contributed by atoms with Crippen molar-refractivity contribution in [3.05, 3.63) is 47.6 Å². The fraction of sp³-hybridized carbons (Fsp3) is 0.591. The summed E-state index contributed by atoms with van der Waals surface area (Å²) in [4.78, 5) is 19.5. The second kappa shape index (κ2) is 8.53. The van der Waals surface area contributed by atoms with E-state index >= 15 is 0 Å². The van der Waals surface area contributed by atoms with Crippen molar-refractivity contribution < 1.29 is 14.1 Å². The van der Waals surface area contributed by atoms with Gasteiger partial charge in [0, 0.05) is 37.6 Å². The predicted octanol–water partition coefficient (Wildman–Crippen LogP) is 3.79. The Morgan fingerprint density at radius 1 is 1.28 bits per heavy atom. The van der Waals surface area contributed by atoms with Crippen molar-refractivity contribution in [2.75, 3.05) is 26.3 Å². The van der Waals surface area contributed by atoms with Crippen LogP contribution in [0, 0.1) is 0 Å². The van der Waals surface area contributed by atoms with Crippen LogP contribution >= 0.6 is 0 Å². The van der Waals surface area contributed by atoms with Gasteiger partial charge in [0.05, 0.1) is 6.04 Å². The highest BCUT2D eigenvalue weighted by Crippen LogP contribution is 2.35. The van der Waals surface area contributed by atoms with Crippen molar-refractivity contribution in [3.63, 3.8) is 0 Å². The highest BCUT2D eigenvalue weighted by Gasteiger charge is 2.37. The molecule has 0 bridgehead atoms. The quantitative estimate of drug-likeness (QED) is 0.829. The number of urea groups is 1. The number of benzene rings is 1. The lowest BCUT2D eigenvalue weighted by Gasteiger charge is -2.38. The number of nitrogens with zero attached hydrogens (tertiary/aromatic N) is 3. The molecule has 2 aliphatic rings. The molecule has 1 unspecified atom stereocenters. The van der Waals surface area contributed by atoms with Crippen molar-refractivity contribution in [2.24, 2.45) is 0 Å². The van der Waals surface area contributed by atoms with E-state index in [0.29, 0.717) is 24.8 Å². The third-order valence-electron chi connectivity index (χ3n) is 6.18. The van der Waals surface area contributed by atoms with Gasteiger partial charge in [-0.2, -0.15) is 4.98 Å². The topological polar surface area (TPSA) is 80.5 Å². The molecule has 156 valence electrons. The van der Waals surface area contributed by atoms with Crippen LogP contribution in [0.3, 0.4) is 0 Å². The summed E-state index contributed by atoms with van der Waals surface area (Å²) in [5, 5.41) is 7.35. The van der Waals surface area contributed by atoms with Gasteiger partial charge < -0.3 is 19.5 Å². The van der Waals surface area contributed by atoms with Gasteiger partial charge in [0.2, 0.25) is 5.89 Å². The molecular formula is C22H30N4O3. The molecule has 0 aliphatic carbocycles. The molecular weight excluding hydrogens is 368 g/mol. The van der Waals surface area contributed by atoms with Crippen molar-refractivity contribution in [1.82, 2.24) is 20.4 Å². The number of carbonyl (C=O) groups excluding carboxylic acids is 1. The summed E-state index contributed by atoms with van der Waals surface area (Å²) in [6.45, 7) is 6.80. The number of hydrogen-bond donors (Lipinski definition) is 1. The van der Waals surface area contributed by atoms with Crippen molar-refractivity contribution in [3.8, 4) is 0 Å². The summed E-state index contributed by atoms with van der Waals surface area (Å²) in [6, 6.07) is 10.3. The van der Waals surface area contributed by atoms with Gasteiger partial charge >= 0.3 is 6.03 Å². The first-order chi connectivity index (χ1) is 14.1. The van der Waals surface area contributed by atoms with Gasteiger partial charge in [0.15, 0.2) is 5.82 Å². The van der Waals surface area contributed by atoms with Crippen molar-refractivity contribution in [2.45, 2.75) is 56.9 Å². The molecule has 1 aromatic heterocycles. The minimum absolute atomic E-state index is 0.0507. The van der Waals surface area contributed by atoms with Gasteiger partial charge in [-0.1, -0.05) is 49.3 Å². The Bertz CT molecular complexity index is 814. The van der Waals surface area contributed by atoms with Gasteiger partial charge in [-0.25, -0.2) is 4.79 Å². The first-order valence-corrected chi connectivity index (χ1v) is 10.6. The van der Waals surface area contributed by atoms with Crippen LogP contribution in [0.4, 0.5) is 4.79 Å². The molecule has 7 nitrogen and oxygen atoms in total. The van der Waals surface area contributed by atoms with E-state index in [1.54, 1.807) is 0 Å². The average Bonchev–Trinajstić information content (AvgIpc) is 3.43. The van der Waals surface area contributed by atoms with Crippen LogP contribution in [0.2, 0.25) is 0 Å². The zero-order valence-corrected chi connectivity index (χ0v) is 17.3. The number of hydrogen-bond acceptors (Lipinski definition) is 5. The number of aromatic nitrogens is 2. The lowest BCUT2D eigenvalue weighted by Crippen LogP contribution is -2.48. The van der Waals surface area contributed by atoms with E-state index in [1.807, 2.05) is 24.8 Å². The van der Waals surface area contributed by atoms with Gasteiger partial charge in [0.25, 0.3) is 0 Å². The Balaban J connectivity index is 1.46. The molecule has 3 heterocycles. The van der Waals surface area contributed by atoms with Crippen LogP contribution in [0.15, 0.2) is 34.9 Å². The highest BCUT2D eigenvalue weighted by molar-refractivity contribution is 5.75. The molecule has 2 aromatic rings. The minimum Gasteiger partial charge on any atom is -0.381 e. The molecule has 2 saturated heterocycles. The monoisotopic (exact) mass is 398 g/mol. The number of carbonyl (C=O) groups is 1. The molecule has 0 radical (unpaired) electrons. The maximum absolute atomic E-state index is 13.1. The predicted molar refractivity (Wildman–Crippen MR) is 109 cm³/mol. The summed E-state index contributed by atoms with van der Waals surface area (Å²) in [6.07, 6.45) is 3.62. The van der Waals surface area contributed by atoms with Crippen LogP contribution in [-0.2, 0) is 10.2 Å². The fourth-order valence-corrected chi connectivity index (χ4v) is 4.36. The second-order valence-electron chi connectivity index (χ2n) is 8.41. The van der Waals surface area contributed by atoms with Crippen LogP contribution < -0.4 is 5.32 Å². The van der Waals surface area contributed by atoms with Gasteiger partial charge in [-0.15, -0.1) is 0 Å². The highest BCUT2D eigenvalue weighted by atomic mass is 16.5. The molecule has 1 aromatic carbocycles. The summed E-state index contributed by atoms with van der Waals surface area (Å²) in [7, 11) is 0. The van der Waals surface area contributed by atoms with Crippen LogP contribution in [-0.4, -0.2) is 47.4 Å². The summed E-state index contributed by atoms with van der Waals surface area (Å²) >= 11 is 0. The molecule has 2 amide bonds. The molecule has 7 heteroatoms. The first-order valence-electron chi connectivity index (χ1n) is 10.6. The zero-order chi connectivity index (χ0) is 20.3. The third-order valence-corrected chi connectivity index (χ3v) is 6.18. The van der Waals surface area contributed by atoms with Crippen molar-refractivity contribution in [1.29, 1.82) is 0 Å². The Kier molecular flexibility index (Phi) is 5.85. The molecule has 0 spiro atoms. The Morgan fingerprint density at radius 2 is 2.03 bits per heavy atom. The molecule has 1 N–H and O–H groups in total.